The summed E-state index contributed by atoms with van der Waals surface area (Å²) in [6.07, 6.45) is 1.78. The predicted molar refractivity (Wildman–Crippen MR) is 87.4 cm³/mol. The molecule has 4 heteroatoms. The van der Waals surface area contributed by atoms with Crippen LogP contribution in [-0.2, 0) is 14.9 Å². The summed E-state index contributed by atoms with van der Waals surface area (Å²) in [5.41, 5.74) is 8.84. The van der Waals surface area contributed by atoms with E-state index in [-0.39, 0.29) is 12.5 Å². The van der Waals surface area contributed by atoms with E-state index >= 15 is 0 Å². The summed E-state index contributed by atoms with van der Waals surface area (Å²) >= 11 is 0. The molecule has 2 aromatic rings. The summed E-state index contributed by atoms with van der Waals surface area (Å²) in [4.78, 5) is 16.7. The molecule has 2 rings (SSSR count). The molecule has 0 fully saturated rings. The number of ether oxygens (including phenoxy) is 1. The summed E-state index contributed by atoms with van der Waals surface area (Å²) in [5.74, 6) is -0.299. The molecule has 2 N–H and O–H groups in total. The van der Waals surface area contributed by atoms with Crippen LogP contribution < -0.4 is 5.73 Å². The Morgan fingerprint density at radius 3 is 2.73 bits per heavy atom. The minimum atomic E-state index is -0.851. The number of nitrogens with two attached hydrogens (primary N) is 1. The van der Waals surface area contributed by atoms with Crippen LogP contribution in [0.5, 0.6) is 0 Å². The van der Waals surface area contributed by atoms with Crippen LogP contribution in [0.1, 0.15) is 25.0 Å². The zero-order valence-corrected chi connectivity index (χ0v) is 13.3. The summed E-state index contributed by atoms with van der Waals surface area (Å²) in [6.45, 7) is 6.16. The van der Waals surface area contributed by atoms with Crippen LogP contribution in [0, 0.1) is 6.92 Å². The maximum Gasteiger partial charge on any atom is 0.317 e. The second kappa shape index (κ2) is 6.71. The number of carbonyl (C=O) groups excluding carboxylic acids is 1. The van der Waals surface area contributed by atoms with E-state index in [1.165, 1.54) is 0 Å². The van der Waals surface area contributed by atoms with Gasteiger partial charge in [0.1, 0.15) is 5.41 Å². The molecule has 0 saturated carbocycles. The second-order valence-corrected chi connectivity index (χ2v) is 5.56. The molecule has 0 aliphatic rings. The van der Waals surface area contributed by atoms with E-state index in [1.807, 2.05) is 50.2 Å². The minimum absolute atomic E-state index is 0.191. The van der Waals surface area contributed by atoms with Crippen molar-refractivity contribution in [1.29, 1.82) is 0 Å². The van der Waals surface area contributed by atoms with Crippen molar-refractivity contribution in [2.45, 2.75) is 26.2 Å². The molecule has 1 unspecified atom stereocenters. The molecule has 0 saturated heterocycles. The highest BCUT2D eigenvalue weighted by molar-refractivity contribution is 5.83. The molecule has 0 aliphatic heterocycles. The van der Waals surface area contributed by atoms with Crippen LogP contribution in [0.25, 0.3) is 11.3 Å². The van der Waals surface area contributed by atoms with Gasteiger partial charge in [-0.05, 0) is 50.1 Å². The Kier molecular flexibility index (Phi) is 4.93. The van der Waals surface area contributed by atoms with E-state index in [9.17, 15) is 4.79 Å². The summed E-state index contributed by atoms with van der Waals surface area (Å²) in [6, 6.07) is 11.7. The Hall–Kier alpha value is -2.20. The van der Waals surface area contributed by atoms with Gasteiger partial charge in [0.05, 0.1) is 12.3 Å². The Morgan fingerprint density at radius 1 is 1.32 bits per heavy atom. The van der Waals surface area contributed by atoms with Crippen molar-refractivity contribution in [1.82, 2.24) is 4.98 Å². The third-order valence-electron chi connectivity index (χ3n) is 3.85. The van der Waals surface area contributed by atoms with Gasteiger partial charge in [0.2, 0.25) is 0 Å². The first-order chi connectivity index (χ1) is 10.5. The molecule has 0 amide bonds. The van der Waals surface area contributed by atoms with E-state index in [0.717, 1.165) is 22.4 Å². The van der Waals surface area contributed by atoms with Gasteiger partial charge in [0.25, 0.3) is 0 Å². The smallest absolute Gasteiger partial charge is 0.317 e. The van der Waals surface area contributed by atoms with Crippen molar-refractivity contribution >= 4 is 5.97 Å². The fourth-order valence-electron chi connectivity index (χ4n) is 2.33. The molecule has 0 bridgehead atoms. The number of aromatic nitrogens is 1. The van der Waals surface area contributed by atoms with Gasteiger partial charge in [0.15, 0.2) is 0 Å². The molecule has 1 heterocycles. The van der Waals surface area contributed by atoms with E-state index in [1.54, 1.807) is 13.1 Å². The first kappa shape index (κ1) is 16.2. The van der Waals surface area contributed by atoms with Crippen LogP contribution in [0.4, 0.5) is 0 Å². The zero-order valence-electron chi connectivity index (χ0n) is 13.3. The van der Waals surface area contributed by atoms with Crippen LogP contribution in [0.3, 0.4) is 0 Å². The maximum absolute atomic E-state index is 12.3. The Morgan fingerprint density at radius 2 is 2.09 bits per heavy atom. The highest BCUT2D eigenvalue weighted by Gasteiger charge is 2.35. The number of hydrogen-bond acceptors (Lipinski definition) is 4. The van der Waals surface area contributed by atoms with Gasteiger partial charge < -0.3 is 10.5 Å². The highest BCUT2D eigenvalue weighted by atomic mass is 16.5. The Balaban J connectivity index is 2.44. The van der Waals surface area contributed by atoms with Gasteiger partial charge in [-0.3, -0.25) is 9.78 Å². The van der Waals surface area contributed by atoms with Crippen molar-refractivity contribution in [3.63, 3.8) is 0 Å². The lowest BCUT2D eigenvalue weighted by atomic mass is 9.81. The molecule has 22 heavy (non-hydrogen) atoms. The Bertz CT molecular complexity index is 670. The normalized spacial score (nSPS) is 13.5. The second-order valence-electron chi connectivity index (χ2n) is 5.56. The van der Waals surface area contributed by atoms with E-state index in [4.69, 9.17) is 10.5 Å². The number of benzene rings is 1. The van der Waals surface area contributed by atoms with Crippen molar-refractivity contribution in [2.75, 3.05) is 13.2 Å². The SMILES string of the molecule is CCOC(=O)C(C)(CN)c1cccc(-c2cc(C)ccn2)c1. The topological polar surface area (TPSA) is 65.2 Å². The van der Waals surface area contributed by atoms with Gasteiger partial charge >= 0.3 is 5.97 Å². The average Bonchev–Trinajstić information content (AvgIpc) is 2.54. The summed E-state index contributed by atoms with van der Waals surface area (Å²) < 4.78 is 5.18. The quantitative estimate of drug-likeness (QED) is 0.862. The largest absolute Gasteiger partial charge is 0.465 e. The van der Waals surface area contributed by atoms with Gasteiger partial charge in [-0.2, -0.15) is 0 Å². The van der Waals surface area contributed by atoms with E-state index < -0.39 is 5.41 Å². The van der Waals surface area contributed by atoms with E-state index in [2.05, 4.69) is 4.98 Å². The van der Waals surface area contributed by atoms with Crippen molar-refractivity contribution in [3.05, 3.63) is 53.7 Å². The van der Waals surface area contributed by atoms with Gasteiger partial charge in [-0.15, -0.1) is 0 Å². The van der Waals surface area contributed by atoms with Gasteiger partial charge in [-0.25, -0.2) is 0 Å². The van der Waals surface area contributed by atoms with Crippen LogP contribution in [0.2, 0.25) is 0 Å². The van der Waals surface area contributed by atoms with Crippen LogP contribution >= 0.6 is 0 Å². The molecular formula is C18H22N2O2. The minimum Gasteiger partial charge on any atom is -0.465 e. The standard InChI is InChI=1S/C18H22N2O2/c1-4-22-17(21)18(3,12-19)15-7-5-6-14(11-15)16-10-13(2)8-9-20-16/h5-11H,4,12,19H2,1-3H3. The molecule has 116 valence electrons. The average molecular weight is 298 g/mol. The van der Waals surface area contributed by atoms with Gasteiger partial charge in [-0.1, -0.05) is 18.2 Å². The number of rotatable bonds is 5. The van der Waals surface area contributed by atoms with Gasteiger partial charge in [0, 0.05) is 18.3 Å². The third kappa shape index (κ3) is 3.17. The van der Waals surface area contributed by atoms with Crippen molar-refractivity contribution < 1.29 is 9.53 Å². The number of carbonyl (C=O) groups is 1. The third-order valence-corrected chi connectivity index (χ3v) is 3.85. The molecule has 1 aromatic carbocycles. The number of hydrogen-bond donors (Lipinski definition) is 1. The molecule has 1 atom stereocenters. The molecule has 0 spiro atoms. The van der Waals surface area contributed by atoms with E-state index in [0.29, 0.717) is 6.61 Å². The summed E-state index contributed by atoms with van der Waals surface area (Å²) in [7, 11) is 0. The Labute approximate surface area is 131 Å². The highest BCUT2D eigenvalue weighted by Crippen LogP contribution is 2.28. The predicted octanol–water partition coefficient (Wildman–Crippen LogP) is 2.84. The molecular weight excluding hydrogens is 276 g/mol. The number of pyridine rings is 1. The first-order valence-electron chi connectivity index (χ1n) is 7.42. The monoisotopic (exact) mass is 298 g/mol. The first-order valence-corrected chi connectivity index (χ1v) is 7.42. The fraction of sp³-hybridized carbons (Fsp3) is 0.333. The fourth-order valence-corrected chi connectivity index (χ4v) is 2.33. The zero-order chi connectivity index (χ0) is 16.2. The van der Waals surface area contributed by atoms with Crippen molar-refractivity contribution in [3.8, 4) is 11.3 Å². The number of nitrogens with zero attached hydrogens (tertiary/aromatic N) is 1. The molecule has 0 aliphatic carbocycles. The summed E-state index contributed by atoms with van der Waals surface area (Å²) in [5, 5.41) is 0. The molecule has 4 nitrogen and oxygen atoms in total. The van der Waals surface area contributed by atoms with Crippen LogP contribution in [0.15, 0.2) is 42.6 Å². The number of esters is 1. The molecule has 1 aromatic heterocycles. The molecule has 0 radical (unpaired) electrons. The van der Waals surface area contributed by atoms with Crippen LogP contribution in [-0.4, -0.2) is 24.1 Å². The lowest BCUT2D eigenvalue weighted by Gasteiger charge is -2.26. The lowest BCUT2D eigenvalue weighted by Crippen LogP contribution is -2.41. The van der Waals surface area contributed by atoms with Crippen molar-refractivity contribution in [2.24, 2.45) is 5.73 Å². The lowest BCUT2D eigenvalue weighted by molar-refractivity contribution is -0.149. The number of aryl methyl sites for hydroxylation is 1. The maximum atomic E-state index is 12.3.